The van der Waals surface area contributed by atoms with E-state index < -0.39 is 0 Å². The van der Waals surface area contributed by atoms with Gasteiger partial charge in [-0.2, -0.15) is 0 Å². The van der Waals surface area contributed by atoms with Crippen LogP contribution in [0.15, 0.2) is 48.5 Å². The first-order chi connectivity index (χ1) is 12.8. The van der Waals surface area contributed by atoms with E-state index in [1.807, 2.05) is 42.5 Å². The zero-order chi connectivity index (χ0) is 17.8. The fourth-order valence-corrected chi connectivity index (χ4v) is 3.47. The SMILES string of the molecule is O=C(NC1CCOc2ccccc21)c1ccccc1OCC1CCCO1. The van der Waals surface area contributed by atoms with Crippen molar-refractivity contribution in [3.05, 3.63) is 59.7 Å². The number of amides is 1. The van der Waals surface area contributed by atoms with Crippen LogP contribution >= 0.6 is 0 Å². The highest BCUT2D eigenvalue weighted by atomic mass is 16.5. The number of carbonyl (C=O) groups excluding carboxylic acids is 1. The van der Waals surface area contributed by atoms with Gasteiger partial charge in [0, 0.05) is 18.6 Å². The summed E-state index contributed by atoms with van der Waals surface area (Å²) in [6, 6.07) is 15.2. The van der Waals surface area contributed by atoms with Gasteiger partial charge >= 0.3 is 0 Å². The van der Waals surface area contributed by atoms with Crippen LogP contribution in [0.4, 0.5) is 0 Å². The Bertz CT molecular complexity index is 770. The molecule has 5 nitrogen and oxygen atoms in total. The Balaban J connectivity index is 1.47. The van der Waals surface area contributed by atoms with Gasteiger partial charge in [0.05, 0.1) is 24.3 Å². The van der Waals surface area contributed by atoms with Crippen molar-refractivity contribution in [2.75, 3.05) is 19.8 Å². The van der Waals surface area contributed by atoms with Crippen LogP contribution in [0.1, 0.15) is 41.2 Å². The lowest BCUT2D eigenvalue weighted by Crippen LogP contribution is -2.32. The zero-order valence-electron chi connectivity index (χ0n) is 14.6. The molecule has 2 aliphatic heterocycles. The Morgan fingerprint density at radius 1 is 1.08 bits per heavy atom. The van der Waals surface area contributed by atoms with Gasteiger partial charge in [0.1, 0.15) is 18.1 Å². The van der Waals surface area contributed by atoms with Crippen molar-refractivity contribution in [3.63, 3.8) is 0 Å². The van der Waals surface area contributed by atoms with Gasteiger partial charge in [0.15, 0.2) is 0 Å². The summed E-state index contributed by atoms with van der Waals surface area (Å²) in [5.74, 6) is 1.31. The topological polar surface area (TPSA) is 56.8 Å². The molecule has 2 unspecified atom stereocenters. The van der Waals surface area contributed by atoms with Crippen LogP contribution in [-0.2, 0) is 4.74 Å². The summed E-state index contributed by atoms with van der Waals surface area (Å²) in [6.07, 6.45) is 2.95. The molecule has 0 spiro atoms. The molecule has 2 aromatic rings. The lowest BCUT2D eigenvalue weighted by atomic mass is 10.00. The van der Waals surface area contributed by atoms with Gasteiger partial charge in [0.25, 0.3) is 5.91 Å². The third-order valence-electron chi connectivity index (χ3n) is 4.84. The highest BCUT2D eigenvalue weighted by molar-refractivity contribution is 5.97. The third kappa shape index (κ3) is 3.68. The monoisotopic (exact) mass is 353 g/mol. The molecule has 26 heavy (non-hydrogen) atoms. The molecule has 0 bridgehead atoms. The van der Waals surface area contributed by atoms with E-state index in [4.69, 9.17) is 14.2 Å². The van der Waals surface area contributed by atoms with E-state index in [1.54, 1.807) is 6.07 Å². The number of benzene rings is 2. The summed E-state index contributed by atoms with van der Waals surface area (Å²) < 4.78 is 17.2. The van der Waals surface area contributed by atoms with Crippen molar-refractivity contribution in [3.8, 4) is 11.5 Å². The highest BCUT2D eigenvalue weighted by Crippen LogP contribution is 2.32. The van der Waals surface area contributed by atoms with E-state index in [2.05, 4.69) is 5.32 Å². The molecule has 2 aromatic carbocycles. The van der Waals surface area contributed by atoms with E-state index in [1.165, 1.54) is 0 Å². The van der Waals surface area contributed by atoms with Crippen molar-refractivity contribution < 1.29 is 19.0 Å². The smallest absolute Gasteiger partial charge is 0.255 e. The van der Waals surface area contributed by atoms with Gasteiger partial charge in [-0.1, -0.05) is 30.3 Å². The van der Waals surface area contributed by atoms with Gasteiger partial charge in [-0.3, -0.25) is 4.79 Å². The maximum atomic E-state index is 12.9. The molecule has 136 valence electrons. The Kier molecular flexibility index (Phi) is 5.07. The highest BCUT2D eigenvalue weighted by Gasteiger charge is 2.24. The van der Waals surface area contributed by atoms with Crippen LogP contribution in [0.5, 0.6) is 11.5 Å². The second kappa shape index (κ2) is 7.79. The van der Waals surface area contributed by atoms with Crippen molar-refractivity contribution in [1.29, 1.82) is 0 Å². The van der Waals surface area contributed by atoms with Gasteiger partial charge in [-0.05, 0) is 31.0 Å². The number of ether oxygens (including phenoxy) is 3. The first kappa shape index (κ1) is 16.9. The lowest BCUT2D eigenvalue weighted by molar-refractivity contribution is 0.0669. The van der Waals surface area contributed by atoms with Gasteiger partial charge in [-0.25, -0.2) is 0 Å². The molecule has 2 atom stereocenters. The predicted molar refractivity (Wildman–Crippen MR) is 97.7 cm³/mol. The molecule has 0 aromatic heterocycles. The van der Waals surface area contributed by atoms with Gasteiger partial charge in [-0.15, -0.1) is 0 Å². The first-order valence-electron chi connectivity index (χ1n) is 9.17. The average molecular weight is 353 g/mol. The predicted octanol–water partition coefficient (Wildman–Crippen LogP) is 3.50. The minimum Gasteiger partial charge on any atom is -0.493 e. The minimum absolute atomic E-state index is 0.0568. The normalized spacial score (nSPS) is 21.5. The molecule has 0 saturated carbocycles. The molecule has 1 N–H and O–H groups in total. The van der Waals surface area contributed by atoms with Crippen LogP contribution in [0.2, 0.25) is 0 Å². The molecular formula is C21H23NO4. The Labute approximate surface area is 153 Å². The molecule has 5 heteroatoms. The number of nitrogens with one attached hydrogen (secondary N) is 1. The maximum absolute atomic E-state index is 12.9. The number of fused-ring (bicyclic) bond motifs is 1. The molecule has 2 aliphatic rings. The summed E-state index contributed by atoms with van der Waals surface area (Å²) >= 11 is 0. The Hall–Kier alpha value is -2.53. The van der Waals surface area contributed by atoms with Gasteiger partial charge in [0.2, 0.25) is 0 Å². The molecule has 4 rings (SSSR count). The largest absolute Gasteiger partial charge is 0.493 e. The minimum atomic E-state index is -0.130. The molecule has 0 radical (unpaired) electrons. The zero-order valence-corrected chi connectivity index (χ0v) is 14.6. The van der Waals surface area contributed by atoms with E-state index >= 15 is 0 Å². The quantitative estimate of drug-likeness (QED) is 0.894. The standard InChI is InChI=1S/C21H23NO4/c23-21(22-18-11-13-25-19-9-3-1-7-16(18)19)17-8-2-4-10-20(17)26-14-15-6-5-12-24-15/h1-4,7-10,15,18H,5-6,11-14H2,(H,22,23). The van der Waals surface area contributed by atoms with Crippen LogP contribution in [0.3, 0.4) is 0 Å². The second-order valence-corrected chi connectivity index (χ2v) is 6.64. The number of hydrogen-bond acceptors (Lipinski definition) is 4. The van der Waals surface area contributed by atoms with Crippen molar-refractivity contribution >= 4 is 5.91 Å². The van der Waals surface area contributed by atoms with E-state index in [0.717, 1.165) is 37.2 Å². The van der Waals surface area contributed by atoms with Gasteiger partial charge < -0.3 is 19.5 Å². The lowest BCUT2D eigenvalue weighted by Gasteiger charge is -2.27. The fraction of sp³-hybridized carbons (Fsp3) is 0.381. The summed E-state index contributed by atoms with van der Waals surface area (Å²) in [4.78, 5) is 12.9. The average Bonchev–Trinajstić information content (AvgIpc) is 3.20. The Morgan fingerprint density at radius 3 is 2.81 bits per heavy atom. The third-order valence-corrected chi connectivity index (χ3v) is 4.84. The number of hydrogen-bond donors (Lipinski definition) is 1. The van der Waals surface area contributed by atoms with E-state index in [-0.39, 0.29) is 18.1 Å². The van der Waals surface area contributed by atoms with Crippen molar-refractivity contribution in [1.82, 2.24) is 5.32 Å². The van der Waals surface area contributed by atoms with Crippen LogP contribution in [0.25, 0.3) is 0 Å². The van der Waals surface area contributed by atoms with Crippen LogP contribution in [-0.4, -0.2) is 31.8 Å². The van der Waals surface area contributed by atoms with Crippen molar-refractivity contribution in [2.24, 2.45) is 0 Å². The second-order valence-electron chi connectivity index (χ2n) is 6.64. The fourth-order valence-electron chi connectivity index (χ4n) is 3.47. The Morgan fingerprint density at radius 2 is 1.92 bits per heavy atom. The summed E-state index contributed by atoms with van der Waals surface area (Å²) in [5, 5.41) is 3.13. The van der Waals surface area contributed by atoms with Crippen LogP contribution in [0, 0.1) is 0 Å². The molecule has 1 fully saturated rings. The van der Waals surface area contributed by atoms with E-state index in [9.17, 15) is 4.79 Å². The summed E-state index contributed by atoms with van der Waals surface area (Å²) in [5.41, 5.74) is 1.57. The maximum Gasteiger partial charge on any atom is 0.255 e. The van der Waals surface area contributed by atoms with Crippen LogP contribution < -0.4 is 14.8 Å². The summed E-state index contributed by atoms with van der Waals surface area (Å²) in [6.45, 7) is 1.86. The van der Waals surface area contributed by atoms with Crippen molar-refractivity contribution in [2.45, 2.75) is 31.4 Å². The molecule has 1 saturated heterocycles. The number of rotatable bonds is 5. The number of carbonyl (C=O) groups is 1. The van der Waals surface area contributed by atoms with E-state index in [0.29, 0.717) is 24.5 Å². The molecule has 2 heterocycles. The number of para-hydroxylation sites is 2. The molecule has 1 amide bonds. The first-order valence-corrected chi connectivity index (χ1v) is 9.17. The molecular weight excluding hydrogens is 330 g/mol. The molecule has 0 aliphatic carbocycles. The summed E-state index contributed by atoms with van der Waals surface area (Å²) in [7, 11) is 0.